The summed E-state index contributed by atoms with van der Waals surface area (Å²) in [5.41, 5.74) is -0.300. The van der Waals surface area contributed by atoms with Crippen LogP contribution in [0.1, 0.15) is 38.8 Å². The lowest BCUT2D eigenvalue weighted by Gasteiger charge is -2.30. The van der Waals surface area contributed by atoms with E-state index in [4.69, 9.17) is 9.47 Å². The normalized spacial score (nSPS) is 20.6. The van der Waals surface area contributed by atoms with Crippen molar-refractivity contribution in [2.24, 2.45) is 5.92 Å². The molecule has 2 rings (SSSR count). The first-order valence-electron chi connectivity index (χ1n) is 7.96. The van der Waals surface area contributed by atoms with Crippen LogP contribution in [0.25, 0.3) is 0 Å². The Labute approximate surface area is 148 Å². The zero-order valence-electron chi connectivity index (χ0n) is 14.7. The molecule has 0 N–H and O–H groups in total. The number of hydrogen-bond donors (Lipinski definition) is 1. The van der Waals surface area contributed by atoms with E-state index in [0.29, 0.717) is 12.0 Å². The van der Waals surface area contributed by atoms with Crippen molar-refractivity contribution in [3.63, 3.8) is 0 Å². The van der Waals surface area contributed by atoms with Crippen molar-refractivity contribution in [2.75, 3.05) is 13.7 Å². The van der Waals surface area contributed by atoms with Gasteiger partial charge in [0.15, 0.2) is 10.7 Å². The van der Waals surface area contributed by atoms with Gasteiger partial charge in [0.25, 0.3) is 0 Å². The lowest BCUT2D eigenvalue weighted by molar-refractivity contribution is -0.146. The molecule has 1 aliphatic rings. The van der Waals surface area contributed by atoms with Crippen LogP contribution in [0.2, 0.25) is 0 Å². The van der Waals surface area contributed by atoms with Gasteiger partial charge in [-0.25, -0.2) is 13.2 Å². The fourth-order valence-electron chi connectivity index (χ4n) is 3.00. The van der Waals surface area contributed by atoms with Crippen LogP contribution in [0.15, 0.2) is 29.2 Å². The highest BCUT2D eigenvalue weighted by molar-refractivity contribution is 7.72. The molecular weight excluding hydrogens is 346 g/mol. The van der Waals surface area contributed by atoms with Gasteiger partial charge in [-0.05, 0) is 38.8 Å². The summed E-state index contributed by atoms with van der Waals surface area (Å²) in [5.74, 6) is -1.12. The molecule has 1 saturated heterocycles. The first kappa shape index (κ1) is 19.2. The predicted molar refractivity (Wildman–Crippen MR) is 90.8 cm³/mol. The van der Waals surface area contributed by atoms with Crippen molar-refractivity contribution in [2.45, 2.75) is 43.7 Å². The standard InChI is InChI=1S/C17H23NO6S/c1-17(2,3)24-16(20)18-10-9-12(15(19)23-4)14(18)11-7-5-6-8-13(11)25(21)22/h5-8,12,14,25H,9-10H2,1-4H3. The number of rotatable bonds is 3. The summed E-state index contributed by atoms with van der Waals surface area (Å²) < 4.78 is 33.5. The van der Waals surface area contributed by atoms with Gasteiger partial charge in [-0.15, -0.1) is 0 Å². The monoisotopic (exact) mass is 369 g/mol. The van der Waals surface area contributed by atoms with E-state index in [1.54, 1.807) is 39.0 Å². The van der Waals surface area contributed by atoms with Crippen molar-refractivity contribution in [3.05, 3.63) is 29.8 Å². The van der Waals surface area contributed by atoms with Crippen LogP contribution in [0.4, 0.5) is 4.79 Å². The summed E-state index contributed by atoms with van der Waals surface area (Å²) in [6.45, 7) is 5.52. The Bertz CT molecular complexity index is 729. The van der Waals surface area contributed by atoms with Crippen LogP contribution in [0.5, 0.6) is 0 Å². The molecule has 1 aliphatic heterocycles. The molecule has 1 amide bonds. The molecule has 1 fully saturated rings. The average molecular weight is 369 g/mol. The van der Waals surface area contributed by atoms with Gasteiger partial charge in [-0.2, -0.15) is 0 Å². The molecule has 25 heavy (non-hydrogen) atoms. The average Bonchev–Trinajstić information content (AvgIpc) is 2.97. The molecule has 7 nitrogen and oxygen atoms in total. The highest BCUT2D eigenvalue weighted by Gasteiger charge is 2.45. The molecule has 0 saturated carbocycles. The number of thiol groups is 1. The molecule has 0 aliphatic carbocycles. The Kier molecular flexibility index (Phi) is 5.72. The minimum atomic E-state index is -2.87. The Morgan fingerprint density at radius 1 is 1.20 bits per heavy atom. The van der Waals surface area contributed by atoms with Gasteiger partial charge in [0, 0.05) is 6.54 Å². The van der Waals surface area contributed by atoms with Crippen molar-refractivity contribution in [1.29, 1.82) is 0 Å². The number of carbonyl (C=O) groups excluding carboxylic acids is 2. The predicted octanol–water partition coefficient (Wildman–Crippen LogP) is 2.13. The maximum atomic E-state index is 12.6. The number of methoxy groups -OCH3 is 1. The number of carbonyl (C=O) groups is 2. The van der Waals surface area contributed by atoms with E-state index in [1.807, 2.05) is 0 Å². The van der Waals surface area contributed by atoms with E-state index in [0.717, 1.165) is 0 Å². The lowest BCUT2D eigenvalue weighted by Crippen LogP contribution is -2.38. The Balaban J connectivity index is 2.48. The molecule has 8 heteroatoms. The van der Waals surface area contributed by atoms with Crippen LogP contribution < -0.4 is 0 Å². The number of amides is 1. The van der Waals surface area contributed by atoms with Crippen molar-refractivity contribution in [1.82, 2.24) is 4.90 Å². The zero-order valence-corrected chi connectivity index (χ0v) is 15.6. The molecule has 1 heterocycles. The summed E-state index contributed by atoms with van der Waals surface area (Å²) in [5, 5.41) is 0. The van der Waals surface area contributed by atoms with E-state index in [2.05, 4.69) is 0 Å². The van der Waals surface area contributed by atoms with E-state index in [1.165, 1.54) is 18.1 Å². The number of hydrogen-bond acceptors (Lipinski definition) is 6. The second kappa shape index (κ2) is 7.43. The summed E-state index contributed by atoms with van der Waals surface area (Å²) in [7, 11) is -1.60. The molecule has 1 aromatic rings. The highest BCUT2D eigenvalue weighted by Crippen LogP contribution is 2.40. The molecule has 2 atom stereocenters. The molecule has 0 bridgehead atoms. The summed E-state index contributed by atoms with van der Waals surface area (Å²) in [6.07, 6.45) is -0.208. The fourth-order valence-corrected chi connectivity index (χ4v) is 3.63. The van der Waals surface area contributed by atoms with Crippen LogP contribution >= 0.6 is 0 Å². The summed E-state index contributed by atoms with van der Waals surface area (Å²) in [6, 6.07) is 5.61. The van der Waals surface area contributed by atoms with Crippen LogP contribution in [-0.4, -0.2) is 44.6 Å². The maximum Gasteiger partial charge on any atom is 0.410 e. The quantitative estimate of drug-likeness (QED) is 0.648. The van der Waals surface area contributed by atoms with Crippen molar-refractivity contribution in [3.8, 4) is 0 Å². The van der Waals surface area contributed by atoms with E-state index in [9.17, 15) is 18.0 Å². The minimum absolute atomic E-state index is 0.0897. The van der Waals surface area contributed by atoms with Gasteiger partial charge >= 0.3 is 12.1 Å². The number of nitrogens with zero attached hydrogens (tertiary/aromatic N) is 1. The molecule has 1 aromatic carbocycles. The van der Waals surface area contributed by atoms with E-state index >= 15 is 0 Å². The third kappa shape index (κ3) is 4.31. The Morgan fingerprint density at radius 3 is 2.40 bits per heavy atom. The lowest BCUT2D eigenvalue weighted by atomic mass is 9.93. The van der Waals surface area contributed by atoms with Gasteiger partial charge in [0.05, 0.1) is 24.0 Å². The molecule has 0 spiro atoms. The van der Waals surface area contributed by atoms with Crippen molar-refractivity contribution < 1.29 is 27.5 Å². The third-order valence-corrected chi connectivity index (χ3v) is 4.78. The van der Waals surface area contributed by atoms with Crippen LogP contribution in [-0.2, 0) is 25.0 Å². The number of ether oxygens (including phenoxy) is 2. The maximum absolute atomic E-state index is 12.6. The van der Waals surface area contributed by atoms with Gasteiger partial charge in [-0.3, -0.25) is 4.79 Å². The topological polar surface area (TPSA) is 90.0 Å². The molecule has 2 unspecified atom stereocenters. The SMILES string of the molecule is COC(=O)C1CCN(C(=O)OC(C)(C)C)C1c1ccccc1[SH](=O)=O. The minimum Gasteiger partial charge on any atom is -0.469 e. The van der Waals surface area contributed by atoms with Gasteiger partial charge < -0.3 is 14.4 Å². The zero-order chi connectivity index (χ0) is 18.8. The van der Waals surface area contributed by atoms with E-state index in [-0.39, 0.29) is 11.4 Å². The molecule has 0 aromatic heterocycles. The van der Waals surface area contributed by atoms with E-state index < -0.39 is 40.3 Å². The number of esters is 1. The molecule has 138 valence electrons. The molecular formula is C17H23NO6S. The first-order valence-corrected chi connectivity index (χ1v) is 9.14. The highest BCUT2D eigenvalue weighted by atomic mass is 32.2. The second-order valence-corrected chi connectivity index (χ2v) is 7.85. The van der Waals surface area contributed by atoms with Gasteiger partial charge in [-0.1, -0.05) is 18.2 Å². The Hall–Kier alpha value is -2.09. The second-order valence-electron chi connectivity index (χ2n) is 6.85. The number of likely N-dealkylation sites (tertiary alicyclic amines) is 1. The largest absolute Gasteiger partial charge is 0.469 e. The third-order valence-electron chi connectivity index (χ3n) is 3.98. The smallest absolute Gasteiger partial charge is 0.410 e. The van der Waals surface area contributed by atoms with Crippen LogP contribution in [0, 0.1) is 5.92 Å². The summed E-state index contributed by atoms with van der Waals surface area (Å²) in [4.78, 5) is 26.3. The van der Waals surface area contributed by atoms with Crippen LogP contribution in [0.3, 0.4) is 0 Å². The van der Waals surface area contributed by atoms with Crippen molar-refractivity contribution >= 4 is 22.8 Å². The van der Waals surface area contributed by atoms with Gasteiger partial charge in [0.2, 0.25) is 0 Å². The first-order chi connectivity index (χ1) is 11.7. The Morgan fingerprint density at radius 2 is 1.84 bits per heavy atom. The number of benzene rings is 1. The summed E-state index contributed by atoms with van der Waals surface area (Å²) >= 11 is 0. The van der Waals surface area contributed by atoms with Gasteiger partial charge in [0.1, 0.15) is 5.60 Å². The molecule has 0 radical (unpaired) electrons. The fraction of sp³-hybridized carbons (Fsp3) is 0.529.